The van der Waals surface area contributed by atoms with Crippen molar-refractivity contribution in [3.63, 3.8) is 0 Å². The lowest BCUT2D eigenvalue weighted by molar-refractivity contribution is 0.652. The second kappa shape index (κ2) is 6.32. The van der Waals surface area contributed by atoms with Crippen LogP contribution in [0.2, 0.25) is 0 Å². The van der Waals surface area contributed by atoms with Crippen LogP contribution in [-0.2, 0) is 6.54 Å². The maximum absolute atomic E-state index is 7.36. The summed E-state index contributed by atoms with van der Waals surface area (Å²) in [6, 6.07) is 9.74. The van der Waals surface area contributed by atoms with Crippen molar-refractivity contribution in [3.05, 3.63) is 48.6 Å². The van der Waals surface area contributed by atoms with Crippen LogP contribution in [0.1, 0.15) is 5.56 Å². The zero-order valence-corrected chi connectivity index (χ0v) is 9.63. The summed E-state index contributed by atoms with van der Waals surface area (Å²) in [7, 11) is 0. The molecule has 0 saturated heterocycles. The van der Waals surface area contributed by atoms with Crippen molar-refractivity contribution in [2.75, 3.05) is 6.54 Å². The monoisotopic (exact) mass is 231 g/mol. The van der Waals surface area contributed by atoms with Gasteiger partial charge in [0.25, 0.3) is 0 Å². The molecule has 17 heavy (non-hydrogen) atoms. The van der Waals surface area contributed by atoms with Gasteiger partial charge in [0.2, 0.25) is 0 Å². The minimum Gasteiger partial charge on any atom is -0.370 e. The topological polar surface area (TPSA) is 91.5 Å². The minimum atomic E-state index is -0.140. The van der Waals surface area contributed by atoms with Crippen molar-refractivity contribution in [2.45, 2.75) is 6.54 Å². The van der Waals surface area contributed by atoms with Gasteiger partial charge in [-0.05, 0) is 5.56 Å². The van der Waals surface area contributed by atoms with E-state index >= 15 is 0 Å². The Labute approximate surface area is 101 Å². The van der Waals surface area contributed by atoms with E-state index in [-0.39, 0.29) is 11.9 Å². The molecule has 0 aliphatic rings. The fraction of sp³-hybridized carbons (Fsp3) is 0.167. The van der Waals surface area contributed by atoms with Gasteiger partial charge in [0, 0.05) is 6.54 Å². The number of benzene rings is 1. The lowest BCUT2D eigenvalue weighted by Gasteiger charge is -2.19. The van der Waals surface area contributed by atoms with Crippen LogP contribution in [0, 0.1) is 5.41 Å². The molecule has 0 heterocycles. The molecule has 5 nitrogen and oxygen atoms in total. The van der Waals surface area contributed by atoms with E-state index in [4.69, 9.17) is 16.9 Å². The summed E-state index contributed by atoms with van der Waals surface area (Å²) in [5.41, 5.74) is 12.2. The molecule has 1 aromatic carbocycles. The molecule has 0 aliphatic carbocycles. The lowest BCUT2D eigenvalue weighted by Crippen LogP contribution is -2.45. The van der Waals surface area contributed by atoms with Gasteiger partial charge in [0.05, 0.1) is 6.54 Å². The van der Waals surface area contributed by atoms with Crippen molar-refractivity contribution in [1.29, 1.82) is 5.41 Å². The number of guanidine groups is 2. The summed E-state index contributed by atoms with van der Waals surface area (Å²) >= 11 is 0. The summed E-state index contributed by atoms with van der Waals surface area (Å²) in [5.74, 6) is 0.0838. The van der Waals surface area contributed by atoms with Crippen LogP contribution >= 0.6 is 0 Å². The highest BCUT2D eigenvalue weighted by Gasteiger charge is 2.08. The number of hydrogen-bond acceptors (Lipinski definition) is 2. The Hall–Kier alpha value is -2.30. The smallest absolute Gasteiger partial charge is 0.198 e. The van der Waals surface area contributed by atoms with Crippen LogP contribution in [-0.4, -0.2) is 23.4 Å². The Kier molecular flexibility index (Phi) is 4.75. The van der Waals surface area contributed by atoms with Gasteiger partial charge in [-0.2, -0.15) is 0 Å². The molecule has 5 N–H and O–H groups in total. The van der Waals surface area contributed by atoms with Gasteiger partial charge in [-0.3, -0.25) is 10.3 Å². The average molecular weight is 231 g/mol. The highest BCUT2D eigenvalue weighted by molar-refractivity contribution is 5.95. The quantitative estimate of drug-likeness (QED) is 0.408. The Morgan fingerprint density at radius 1 is 1.35 bits per heavy atom. The van der Waals surface area contributed by atoms with Crippen LogP contribution in [0.4, 0.5) is 0 Å². The third-order valence-electron chi connectivity index (χ3n) is 2.15. The largest absolute Gasteiger partial charge is 0.370 e. The summed E-state index contributed by atoms with van der Waals surface area (Å²) in [6.07, 6.45) is 1.62. The summed E-state index contributed by atoms with van der Waals surface area (Å²) in [4.78, 5) is 5.57. The molecule has 0 atom stereocenters. The van der Waals surface area contributed by atoms with Crippen LogP contribution in [0.15, 0.2) is 48.0 Å². The third-order valence-corrected chi connectivity index (χ3v) is 2.15. The van der Waals surface area contributed by atoms with E-state index in [2.05, 4.69) is 11.6 Å². The Balaban J connectivity index is 2.70. The van der Waals surface area contributed by atoms with Crippen molar-refractivity contribution in [3.8, 4) is 0 Å². The number of nitrogens with one attached hydrogen (secondary N) is 1. The van der Waals surface area contributed by atoms with E-state index in [9.17, 15) is 0 Å². The van der Waals surface area contributed by atoms with Gasteiger partial charge in [-0.25, -0.2) is 4.99 Å². The zero-order chi connectivity index (χ0) is 12.7. The predicted octanol–water partition coefficient (Wildman–Crippen LogP) is 0.883. The third kappa shape index (κ3) is 3.98. The normalized spacial score (nSPS) is 10.9. The molecule has 0 aromatic heterocycles. The second-order valence-corrected chi connectivity index (χ2v) is 3.44. The number of hydrogen-bond donors (Lipinski definition) is 3. The van der Waals surface area contributed by atoms with E-state index in [1.807, 2.05) is 30.3 Å². The minimum absolute atomic E-state index is 0.140. The van der Waals surface area contributed by atoms with Gasteiger partial charge in [0.15, 0.2) is 11.9 Å². The summed E-state index contributed by atoms with van der Waals surface area (Å²) in [5, 5.41) is 7.36. The molecular weight excluding hydrogens is 214 g/mol. The first-order valence-corrected chi connectivity index (χ1v) is 5.21. The van der Waals surface area contributed by atoms with Crippen LogP contribution in [0.5, 0.6) is 0 Å². The molecule has 0 bridgehead atoms. The number of nitrogens with zero attached hydrogens (tertiary/aromatic N) is 2. The van der Waals surface area contributed by atoms with E-state index in [1.165, 1.54) is 4.90 Å². The second-order valence-electron chi connectivity index (χ2n) is 3.44. The Bertz CT molecular complexity index is 410. The molecule has 1 rings (SSSR count). The highest BCUT2D eigenvalue weighted by Crippen LogP contribution is 2.00. The highest BCUT2D eigenvalue weighted by atomic mass is 15.3. The van der Waals surface area contributed by atoms with Crippen LogP contribution < -0.4 is 11.5 Å². The predicted molar refractivity (Wildman–Crippen MR) is 70.6 cm³/mol. The van der Waals surface area contributed by atoms with Gasteiger partial charge in [0.1, 0.15) is 0 Å². The maximum Gasteiger partial charge on any atom is 0.198 e. The van der Waals surface area contributed by atoms with E-state index < -0.39 is 0 Å². The molecule has 0 radical (unpaired) electrons. The SMILES string of the molecule is C=CCN(C(=N)N)C(N)=NCc1ccccc1. The van der Waals surface area contributed by atoms with Crippen LogP contribution in [0.25, 0.3) is 0 Å². The van der Waals surface area contributed by atoms with Gasteiger partial charge in [-0.15, -0.1) is 6.58 Å². The van der Waals surface area contributed by atoms with Crippen molar-refractivity contribution in [1.82, 2.24) is 4.90 Å². The molecule has 1 aromatic rings. The fourth-order valence-corrected chi connectivity index (χ4v) is 1.29. The Morgan fingerprint density at radius 2 is 2.00 bits per heavy atom. The number of rotatable bonds is 4. The van der Waals surface area contributed by atoms with E-state index in [1.54, 1.807) is 6.08 Å². The molecule has 0 saturated carbocycles. The van der Waals surface area contributed by atoms with Crippen LogP contribution in [0.3, 0.4) is 0 Å². The molecule has 0 amide bonds. The first-order valence-electron chi connectivity index (χ1n) is 5.21. The van der Waals surface area contributed by atoms with E-state index in [0.29, 0.717) is 13.1 Å². The maximum atomic E-state index is 7.36. The molecule has 0 aliphatic heterocycles. The first-order chi connectivity index (χ1) is 8.15. The van der Waals surface area contributed by atoms with Gasteiger partial charge in [-0.1, -0.05) is 36.4 Å². The molecule has 0 spiro atoms. The van der Waals surface area contributed by atoms with Crippen molar-refractivity contribution >= 4 is 11.9 Å². The van der Waals surface area contributed by atoms with Crippen molar-refractivity contribution in [2.24, 2.45) is 16.5 Å². The molecule has 5 heteroatoms. The summed E-state index contributed by atoms with van der Waals surface area (Å²) < 4.78 is 0. The number of aliphatic imine (C=N–C) groups is 1. The van der Waals surface area contributed by atoms with E-state index in [0.717, 1.165) is 5.56 Å². The average Bonchev–Trinajstić information content (AvgIpc) is 2.34. The van der Waals surface area contributed by atoms with Gasteiger partial charge < -0.3 is 11.5 Å². The number of nitrogens with two attached hydrogens (primary N) is 2. The molecule has 90 valence electrons. The molecule has 0 unspecified atom stereocenters. The standard InChI is InChI=1S/C12H17N5/c1-2-8-17(11(13)14)12(15)16-9-10-6-4-3-5-7-10/h2-7H,1,8-9H2,(H3,13,14)(H2,15,16). The first kappa shape index (κ1) is 12.8. The zero-order valence-electron chi connectivity index (χ0n) is 9.63. The molecular formula is C12H17N5. The fourth-order valence-electron chi connectivity index (χ4n) is 1.29. The summed E-state index contributed by atoms with van der Waals surface area (Å²) in [6.45, 7) is 4.42. The van der Waals surface area contributed by atoms with Gasteiger partial charge >= 0.3 is 0 Å². The Morgan fingerprint density at radius 3 is 2.53 bits per heavy atom. The lowest BCUT2D eigenvalue weighted by atomic mass is 10.2. The molecule has 0 fully saturated rings. The van der Waals surface area contributed by atoms with Crippen molar-refractivity contribution < 1.29 is 0 Å².